The van der Waals surface area contributed by atoms with Gasteiger partial charge in [-0.1, -0.05) is 12.4 Å². The molecule has 0 atom stereocenters. The number of carbonyl (C=O) groups excluding carboxylic acids is 2. The molecule has 0 saturated carbocycles. The van der Waals surface area contributed by atoms with Crippen molar-refractivity contribution in [3.8, 4) is 5.75 Å². The van der Waals surface area contributed by atoms with Crippen LogP contribution < -0.4 is 4.74 Å². The minimum atomic E-state index is -4.18. The van der Waals surface area contributed by atoms with Crippen molar-refractivity contribution in [2.75, 3.05) is 12.4 Å². The first-order valence-electron chi connectivity index (χ1n) is 6.16. The Morgan fingerprint density at radius 2 is 2.00 bits per heavy atom. The van der Waals surface area contributed by atoms with Gasteiger partial charge in [0.15, 0.2) is 0 Å². The summed E-state index contributed by atoms with van der Waals surface area (Å²) in [7, 11) is -2.32. The molecule has 0 heterocycles. The first-order chi connectivity index (χ1) is 9.73. The van der Waals surface area contributed by atoms with Crippen molar-refractivity contribution < 1.29 is 32.0 Å². The molecule has 0 aliphatic rings. The van der Waals surface area contributed by atoms with Crippen LogP contribution in [0.5, 0.6) is 5.75 Å². The molecule has 0 aliphatic carbocycles. The number of rotatable bonds is 6. The minimum Gasteiger partial charge on any atom is -0.461 e. The van der Waals surface area contributed by atoms with Crippen LogP contribution >= 0.6 is 0 Å². The van der Waals surface area contributed by atoms with Gasteiger partial charge in [0.05, 0.1) is 5.56 Å². The highest BCUT2D eigenvalue weighted by molar-refractivity contribution is 7.85. The van der Waals surface area contributed by atoms with Crippen molar-refractivity contribution in [3.05, 3.63) is 29.3 Å². The maximum Gasteiger partial charge on any atom is 0.338 e. The van der Waals surface area contributed by atoms with E-state index in [9.17, 15) is 18.0 Å². The molecule has 1 N–H and O–H groups in total. The largest absolute Gasteiger partial charge is 0.461 e. The van der Waals surface area contributed by atoms with Gasteiger partial charge in [-0.25, -0.2) is 4.79 Å². The molecule has 21 heavy (non-hydrogen) atoms. The second kappa shape index (κ2) is 7.23. The van der Waals surface area contributed by atoms with E-state index in [1.165, 1.54) is 19.1 Å². The Balaban J connectivity index is 2.82. The minimum absolute atomic E-state index is 0.124. The van der Waals surface area contributed by atoms with Gasteiger partial charge in [-0.2, -0.15) is 8.42 Å². The third-order valence-corrected chi connectivity index (χ3v) is 3.19. The Labute approximate surface area is 123 Å². The summed E-state index contributed by atoms with van der Waals surface area (Å²) in [4.78, 5) is 22.7. The molecule has 0 radical (unpaired) electrons. The van der Waals surface area contributed by atoms with Crippen LogP contribution in [0.2, 0.25) is 0 Å². The number of benzene rings is 1. The maximum absolute atomic E-state index is 11.7. The van der Waals surface area contributed by atoms with E-state index in [1.807, 2.05) is 7.85 Å². The molecule has 0 bridgehead atoms. The summed E-state index contributed by atoms with van der Waals surface area (Å²) in [6, 6.07) is 4.47. The normalized spacial score (nSPS) is 11.0. The highest BCUT2D eigenvalue weighted by atomic mass is 32.2. The van der Waals surface area contributed by atoms with Crippen LogP contribution in [0.1, 0.15) is 22.8 Å². The zero-order valence-corrected chi connectivity index (χ0v) is 12.5. The van der Waals surface area contributed by atoms with Crippen molar-refractivity contribution in [3.63, 3.8) is 0 Å². The predicted molar refractivity (Wildman–Crippen MR) is 76.7 cm³/mol. The van der Waals surface area contributed by atoms with E-state index in [0.717, 1.165) is 5.56 Å². The molecule has 0 fully saturated rings. The van der Waals surface area contributed by atoms with Gasteiger partial charge in [0.25, 0.3) is 10.1 Å². The Morgan fingerprint density at radius 1 is 1.33 bits per heavy atom. The van der Waals surface area contributed by atoms with Crippen molar-refractivity contribution in [1.29, 1.82) is 0 Å². The molecule has 0 aromatic heterocycles. The molecule has 0 amide bonds. The lowest BCUT2D eigenvalue weighted by atomic mass is 9.95. The Bertz CT molecular complexity index is 639. The fourth-order valence-electron chi connectivity index (χ4n) is 1.55. The topological polar surface area (TPSA) is 107 Å². The molecular weight excluding hydrogens is 299 g/mol. The number of esters is 2. The predicted octanol–water partition coefficient (Wildman–Crippen LogP) is -0.210. The Kier molecular flexibility index (Phi) is 5.92. The molecule has 1 aromatic carbocycles. The quantitative estimate of drug-likeness (QED) is 0.335. The van der Waals surface area contributed by atoms with Gasteiger partial charge >= 0.3 is 11.9 Å². The summed E-state index contributed by atoms with van der Waals surface area (Å²) in [5.74, 6) is -1.70. The first kappa shape index (κ1) is 17.2. The average molecular weight is 314 g/mol. The molecule has 9 heteroatoms. The van der Waals surface area contributed by atoms with Crippen LogP contribution in [0.3, 0.4) is 0 Å². The second-order valence-corrected chi connectivity index (χ2v) is 5.76. The summed E-state index contributed by atoms with van der Waals surface area (Å²) < 4.78 is 39.3. The smallest absolute Gasteiger partial charge is 0.338 e. The molecule has 0 spiro atoms. The van der Waals surface area contributed by atoms with Gasteiger partial charge in [0.1, 0.15) is 26.0 Å². The summed E-state index contributed by atoms with van der Waals surface area (Å²) in [5, 5.41) is 0. The summed E-state index contributed by atoms with van der Waals surface area (Å²) in [6.07, 6.45) is 0.612. The number of carbonyl (C=O) groups is 2. The third-order valence-electron chi connectivity index (χ3n) is 2.51. The molecule has 114 valence electrons. The average Bonchev–Trinajstić information content (AvgIpc) is 2.36. The molecular formula is C12H15BO7S. The first-order valence-corrected chi connectivity index (χ1v) is 7.77. The van der Waals surface area contributed by atoms with Gasteiger partial charge in [-0.05, 0) is 17.7 Å². The van der Waals surface area contributed by atoms with Crippen molar-refractivity contribution in [2.24, 2.45) is 0 Å². The van der Waals surface area contributed by atoms with Crippen molar-refractivity contribution in [2.45, 2.75) is 13.2 Å². The lowest BCUT2D eigenvalue weighted by molar-refractivity contribution is -0.131. The third kappa shape index (κ3) is 5.96. The highest BCUT2D eigenvalue weighted by Gasteiger charge is 2.14. The number of hydrogen-bond acceptors (Lipinski definition) is 6. The van der Waals surface area contributed by atoms with Gasteiger partial charge < -0.3 is 9.47 Å². The molecule has 0 aliphatic heterocycles. The standard InChI is InChI=1S/C12H15BO7S/c1-8(14)20-11-6-9(2-3-10(11)7-13)12(15)19-4-5-21(16,17)18/h2-3,6H,4-5,7,13H2,1H3,(H,16,17,18). The molecule has 1 rings (SSSR count). The van der Waals surface area contributed by atoms with Crippen LogP contribution in [0.4, 0.5) is 0 Å². The monoisotopic (exact) mass is 314 g/mol. The molecule has 0 saturated heterocycles. The van der Waals surface area contributed by atoms with Crippen LogP contribution in [0.25, 0.3) is 0 Å². The number of ether oxygens (including phenoxy) is 2. The van der Waals surface area contributed by atoms with Gasteiger partial charge in [-0.3, -0.25) is 9.35 Å². The zero-order valence-electron chi connectivity index (χ0n) is 11.7. The van der Waals surface area contributed by atoms with Crippen molar-refractivity contribution >= 4 is 29.9 Å². The molecule has 1 aromatic rings. The second-order valence-electron chi connectivity index (χ2n) is 4.19. The fraction of sp³-hybridized carbons (Fsp3) is 0.333. The van der Waals surface area contributed by atoms with Crippen LogP contribution in [-0.2, 0) is 26.0 Å². The Morgan fingerprint density at radius 3 is 2.52 bits per heavy atom. The van der Waals surface area contributed by atoms with Crippen LogP contribution in [0.15, 0.2) is 18.2 Å². The summed E-state index contributed by atoms with van der Waals surface area (Å²) >= 11 is 0. The van der Waals surface area contributed by atoms with E-state index >= 15 is 0 Å². The van der Waals surface area contributed by atoms with Gasteiger partial charge in [0, 0.05) is 6.92 Å². The van der Waals surface area contributed by atoms with E-state index in [0.29, 0.717) is 6.32 Å². The zero-order chi connectivity index (χ0) is 16.0. The lowest BCUT2D eigenvalue weighted by Gasteiger charge is -2.09. The van der Waals surface area contributed by atoms with Crippen LogP contribution in [-0.4, -0.2) is 45.1 Å². The summed E-state index contributed by atoms with van der Waals surface area (Å²) in [5.41, 5.74) is 0.874. The Hall–Kier alpha value is -1.87. The SMILES string of the molecule is BCc1ccc(C(=O)OCCS(=O)(=O)O)cc1OC(C)=O. The maximum atomic E-state index is 11.7. The number of hydrogen-bond donors (Lipinski definition) is 1. The van der Waals surface area contributed by atoms with Crippen molar-refractivity contribution in [1.82, 2.24) is 0 Å². The van der Waals surface area contributed by atoms with E-state index < -0.39 is 34.4 Å². The van der Waals surface area contributed by atoms with E-state index in [-0.39, 0.29) is 11.3 Å². The van der Waals surface area contributed by atoms with E-state index in [2.05, 4.69) is 0 Å². The fourth-order valence-corrected chi connectivity index (χ4v) is 1.84. The lowest BCUT2D eigenvalue weighted by Crippen LogP contribution is -2.15. The summed E-state index contributed by atoms with van der Waals surface area (Å²) in [6.45, 7) is 0.784. The molecule has 0 unspecified atom stereocenters. The van der Waals surface area contributed by atoms with E-state index in [1.54, 1.807) is 6.07 Å². The van der Waals surface area contributed by atoms with Gasteiger partial charge in [0.2, 0.25) is 0 Å². The highest BCUT2D eigenvalue weighted by Crippen LogP contribution is 2.21. The molecule has 7 nitrogen and oxygen atoms in total. The van der Waals surface area contributed by atoms with Gasteiger partial charge in [-0.15, -0.1) is 0 Å². The van der Waals surface area contributed by atoms with E-state index in [4.69, 9.17) is 14.0 Å². The van der Waals surface area contributed by atoms with Crippen LogP contribution in [0, 0.1) is 0 Å².